The Hall–Kier alpha value is -2.30. The lowest BCUT2D eigenvalue weighted by Gasteiger charge is -2.40. The number of anilines is 1. The van der Waals surface area contributed by atoms with Crippen molar-refractivity contribution >= 4 is 17.6 Å². The molecule has 0 fully saturated rings. The first kappa shape index (κ1) is 17.1. The van der Waals surface area contributed by atoms with Gasteiger partial charge in [0.25, 0.3) is 5.91 Å². The Bertz CT molecular complexity index is 716. The van der Waals surface area contributed by atoms with E-state index in [-0.39, 0.29) is 11.7 Å². The van der Waals surface area contributed by atoms with Gasteiger partial charge in [-0.1, -0.05) is 19.9 Å². The van der Waals surface area contributed by atoms with E-state index >= 15 is 0 Å². The highest BCUT2D eigenvalue weighted by Gasteiger charge is 2.44. The molecule has 0 radical (unpaired) electrons. The maximum absolute atomic E-state index is 12.9. The largest absolute Gasteiger partial charge is 0.490 e. The maximum Gasteiger partial charge on any atom is 0.373 e. The molecule has 0 bridgehead atoms. The van der Waals surface area contributed by atoms with Crippen LogP contribution in [0.2, 0.25) is 0 Å². The van der Waals surface area contributed by atoms with E-state index in [1.165, 1.54) is 14.2 Å². The van der Waals surface area contributed by atoms with Crippen molar-refractivity contribution in [1.29, 1.82) is 0 Å². The number of nitrogens with zero attached hydrogens (tertiary/aromatic N) is 1. The van der Waals surface area contributed by atoms with Crippen molar-refractivity contribution in [2.45, 2.75) is 33.1 Å². The lowest BCUT2D eigenvalue weighted by molar-refractivity contribution is -0.140. The van der Waals surface area contributed by atoms with E-state index in [2.05, 4.69) is 6.07 Å². The third-order valence-electron chi connectivity index (χ3n) is 4.59. The lowest BCUT2D eigenvalue weighted by atomic mass is 9.72. The standard InChI is InChI=1S/C18H23NO4/c1-10-8-12-13(9-11(10)2)19(5)16(20)14(18(12,3)4)15(22-6)17(21)23-7/h8-9H,1-7H3/b15-14-. The van der Waals surface area contributed by atoms with E-state index in [1.54, 1.807) is 11.9 Å². The highest BCUT2D eigenvalue weighted by molar-refractivity contribution is 6.13. The number of aryl methyl sites for hydroxylation is 2. The van der Waals surface area contributed by atoms with Crippen LogP contribution < -0.4 is 4.90 Å². The molecule has 1 aromatic rings. The van der Waals surface area contributed by atoms with Gasteiger partial charge < -0.3 is 14.4 Å². The van der Waals surface area contributed by atoms with E-state index in [9.17, 15) is 9.59 Å². The van der Waals surface area contributed by atoms with Gasteiger partial charge in [-0.05, 0) is 36.6 Å². The average molecular weight is 317 g/mol. The number of amides is 1. The zero-order valence-corrected chi connectivity index (χ0v) is 14.7. The third-order valence-corrected chi connectivity index (χ3v) is 4.59. The molecule has 1 heterocycles. The summed E-state index contributed by atoms with van der Waals surface area (Å²) in [4.78, 5) is 26.5. The second kappa shape index (κ2) is 5.72. The lowest BCUT2D eigenvalue weighted by Crippen LogP contribution is -2.44. The predicted octanol–water partition coefficient (Wildman–Crippen LogP) is 2.63. The quantitative estimate of drug-likeness (QED) is 0.478. The van der Waals surface area contributed by atoms with E-state index in [4.69, 9.17) is 9.47 Å². The summed E-state index contributed by atoms with van der Waals surface area (Å²) in [5.41, 5.74) is 3.73. The Kier molecular flexibility index (Phi) is 4.24. The number of esters is 1. The molecule has 23 heavy (non-hydrogen) atoms. The molecule has 0 N–H and O–H groups in total. The number of carbonyl (C=O) groups is 2. The van der Waals surface area contributed by atoms with E-state index in [0.29, 0.717) is 5.57 Å². The number of benzene rings is 1. The Labute approximate surface area is 136 Å². The smallest absolute Gasteiger partial charge is 0.373 e. The van der Waals surface area contributed by atoms with Crippen LogP contribution in [-0.2, 0) is 24.5 Å². The number of hydrogen-bond donors (Lipinski definition) is 0. The van der Waals surface area contributed by atoms with Crippen molar-refractivity contribution in [3.8, 4) is 0 Å². The van der Waals surface area contributed by atoms with Crippen molar-refractivity contribution in [3.63, 3.8) is 0 Å². The van der Waals surface area contributed by atoms with Gasteiger partial charge in [0.15, 0.2) is 0 Å². The minimum atomic E-state index is -0.670. The summed E-state index contributed by atoms with van der Waals surface area (Å²) in [5, 5.41) is 0. The van der Waals surface area contributed by atoms with E-state index in [0.717, 1.165) is 22.4 Å². The number of methoxy groups -OCH3 is 2. The molecule has 1 aliphatic rings. The van der Waals surface area contributed by atoms with Crippen LogP contribution >= 0.6 is 0 Å². The number of fused-ring (bicyclic) bond motifs is 1. The zero-order chi connectivity index (χ0) is 17.5. The highest BCUT2D eigenvalue weighted by Crippen LogP contribution is 2.45. The first-order valence-corrected chi connectivity index (χ1v) is 7.43. The van der Waals surface area contributed by atoms with Gasteiger partial charge in [0.1, 0.15) is 0 Å². The van der Waals surface area contributed by atoms with Crippen LogP contribution in [0.4, 0.5) is 5.69 Å². The first-order valence-electron chi connectivity index (χ1n) is 7.43. The van der Waals surface area contributed by atoms with Crippen LogP contribution in [0.5, 0.6) is 0 Å². The summed E-state index contributed by atoms with van der Waals surface area (Å²) in [5.74, 6) is -0.948. The summed E-state index contributed by atoms with van der Waals surface area (Å²) in [7, 11) is 4.35. The molecule has 2 rings (SSSR count). The minimum absolute atomic E-state index is 0.0433. The molecule has 0 saturated carbocycles. The molecule has 5 nitrogen and oxygen atoms in total. The molecule has 0 atom stereocenters. The van der Waals surface area contributed by atoms with Crippen molar-refractivity contribution in [2.24, 2.45) is 0 Å². The Morgan fingerprint density at radius 2 is 1.65 bits per heavy atom. The topological polar surface area (TPSA) is 55.8 Å². The first-order chi connectivity index (χ1) is 10.7. The van der Waals surface area contributed by atoms with Crippen molar-refractivity contribution in [2.75, 3.05) is 26.2 Å². The second-order valence-corrected chi connectivity index (χ2v) is 6.34. The third kappa shape index (κ3) is 2.50. The monoisotopic (exact) mass is 317 g/mol. The van der Waals surface area contributed by atoms with Crippen molar-refractivity contribution in [1.82, 2.24) is 0 Å². The molecule has 124 valence electrons. The summed E-state index contributed by atoms with van der Waals surface area (Å²) < 4.78 is 10.00. The van der Waals surface area contributed by atoms with Crippen LogP contribution in [0.3, 0.4) is 0 Å². The maximum atomic E-state index is 12.9. The fourth-order valence-electron chi connectivity index (χ4n) is 3.02. The summed E-state index contributed by atoms with van der Waals surface area (Å²) in [6.45, 7) is 7.88. The molecule has 0 spiro atoms. The van der Waals surface area contributed by atoms with Gasteiger partial charge in [0, 0.05) is 18.2 Å². The van der Waals surface area contributed by atoms with Gasteiger partial charge in [-0.2, -0.15) is 0 Å². The molecule has 1 amide bonds. The van der Waals surface area contributed by atoms with E-state index < -0.39 is 11.4 Å². The number of carbonyl (C=O) groups excluding carboxylic acids is 2. The van der Waals surface area contributed by atoms with E-state index in [1.807, 2.05) is 33.8 Å². The molecular weight excluding hydrogens is 294 g/mol. The zero-order valence-electron chi connectivity index (χ0n) is 14.7. The molecule has 1 aliphatic heterocycles. The Balaban J connectivity index is 2.83. The van der Waals surface area contributed by atoms with Crippen LogP contribution in [0.1, 0.15) is 30.5 Å². The predicted molar refractivity (Wildman–Crippen MR) is 88.4 cm³/mol. The molecule has 1 aromatic carbocycles. The number of hydrogen-bond acceptors (Lipinski definition) is 4. The van der Waals surface area contributed by atoms with Gasteiger partial charge in [-0.3, -0.25) is 4.79 Å². The average Bonchev–Trinajstić information content (AvgIpc) is 2.50. The molecular formula is C18H23NO4. The normalized spacial score (nSPS) is 18.4. The van der Waals surface area contributed by atoms with Gasteiger partial charge in [0.05, 0.1) is 19.8 Å². The minimum Gasteiger partial charge on any atom is -0.490 e. The molecule has 0 unspecified atom stereocenters. The molecule has 0 saturated heterocycles. The van der Waals surface area contributed by atoms with Crippen LogP contribution in [0.25, 0.3) is 0 Å². The molecule has 0 aliphatic carbocycles. The summed E-state index contributed by atoms with van der Waals surface area (Å²) in [6.07, 6.45) is 0. The van der Waals surface area contributed by atoms with Gasteiger partial charge >= 0.3 is 5.97 Å². The SMILES string of the molecule is COC(=O)/C(OC)=C1\C(=O)N(C)c2cc(C)c(C)cc2C1(C)C. The van der Waals surface area contributed by atoms with Crippen molar-refractivity contribution in [3.05, 3.63) is 40.2 Å². The van der Waals surface area contributed by atoms with Crippen molar-refractivity contribution < 1.29 is 19.1 Å². The van der Waals surface area contributed by atoms with Gasteiger partial charge in [-0.15, -0.1) is 0 Å². The molecule has 0 aromatic heterocycles. The van der Waals surface area contributed by atoms with Crippen LogP contribution in [-0.4, -0.2) is 33.1 Å². The highest BCUT2D eigenvalue weighted by atomic mass is 16.6. The van der Waals surface area contributed by atoms with Crippen LogP contribution in [0, 0.1) is 13.8 Å². The fraction of sp³-hybridized carbons (Fsp3) is 0.444. The summed E-state index contributed by atoms with van der Waals surface area (Å²) >= 11 is 0. The Morgan fingerprint density at radius 3 is 2.17 bits per heavy atom. The number of ether oxygens (including phenoxy) is 2. The Morgan fingerprint density at radius 1 is 1.09 bits per heavy atom. The number of rotatable bonds is 2. The van der Waals surface area contributed by atoms with Gasteiger partial charge in [0.2, 0.25) is 5.76 Å². The fourth-order valence-corrected chi connectivity index (χ4v) is 3.02. The molecule has 5 heteroatoms. The summed E-state index contributed by atoms with van der Waals surface area (Å²) in [6, 6.07) is 4.07. The second-order valence-electron chi connectivity index (χ2n) is 6.34. The van der Waals surface area contributed by atoms with Crippen LogP contribution in [0.15, 0.2) is 23.5 Å². The van der Waals surface area contributed by atoms with Gasteiger partial charge in [-0.25, -0.2) is 4.79 Å². The number of likely N-dealkylation sites (N-methyl/N-ethyl adjacent to an activating group) is 1.